The highest BCUT2D eigenvalue weighted by molar-refractivity contribution is 5.88. The Morgan fingerprint density at radius 3 is 2.77 bits per heavy atom. The number of nitrogens with two attached hydrogens (primary N) is 1. The molecule has 0 bridgehead atoms. The number of carbonyl (C=O) groups is 2. The first-order chi connectivity index (χ1) is 10.6. The Kier molecular flexibility index (Phi) is 5.91. The van der Waals surface area contributed by atoms with Crippen LogP contribution >= 0.6 is 0 Å². The Labute approximate surface area is 130 Å². The molecule has 1 aromatic rings. The molecule has 6 nitrogen and oxygen atoms in total. The minimum Gasteiger partial charge on any atom is -0.381 e. The number of ether oxygens (including phenoxy) is 1. The Bertz CT molecular complexity index is 527. The van der Waals surface area contributed by atoms with Gasteiger partial charge < -0.3 is 21.1 Å². The zero-order valence-electron chi connectivity index (χ0n) is 12.8. The number of anilines is 1. The van der Waals surface area contributed by atoms with E-state index in [9.17, 15) is 9.59 Å². The van der Waals surface area contributed by atoms with E-state index in [4.69, 9.17) is 10.5 Å². The fourth-order valence-corrected chi connectivity index (χ4v) is 2.56. The predicted molar refractivity (Wildman–Crippen MR) is 84.1 cm³/mol. The van der Waals surface area contributed by atoms with Crippen LogP contribution in [0.3, 0.4) is 0 Å². The summed E-state index contributed by atoms with van der Waals surface area (Å²) < 4.78 is 5.28. The summed E-state index contributed by atoms with van der Waals surface area (Å²) in [4.78, 5) is 23.2. The third kappa shape index (κ3) is 4.82. The van der Waals surface area contributed by atoms with Crippen molar-refractivity contribution in [1.29, 1.82) is 0 Å². The van der Waals surface area contributed by atoms with Gasteiger partial charge in [-0.15, -0.1) is 0 Å². The maximum absolute atomic E-state index is 12.1. The van der Waals surface area contributed by atoms with Crippen molar-refractivity contribution in [2.45, 2.75) is 32.4 Å². The highest BCUT2D eigenvalue weighted by Gasteiger charge is 2.26. The highest BCUT2D eigenvalue weighted by Crippen LogP contribution is 2.18. The van der Waals surface area contributed by atoms with E-state index in [2.05, 4.69) is 10.6 Å². The maximum Gasteiger partial charge on any atom is 0.237 e. The van der Waals surface area contributed by atoms with Gasteiger partial charge >= 0.3 is 0 Å². The number of benzene rings is 1. The smallest absolute Gasteiger partial charge is 0.237 e. The van der Waals surface area contributed by atoms with Gasteiger partial charge in [0.2, 0.25) is 11.8 Å². The lowest BCUT2D eigenvalue weighted by Crippen LogP contribution is -2.46. The van der Waals surface area contributed by atoms with Crippen LogP contribution in [0, 0.1) is 5.92 Å². The van der Waals surface area contributed by atoms with Gasteiger partial charge in [-0.1, -0.05) is 12.1 Å². The van der Waals surface area contributed by atoms with E-state index in [0.29, 0.717) is 25.4 Å². The summed E-state index contributed by atoms with van der Waals surface area (Å²) in [6.07, 6.45) is 1.65. The van der Waals surface area contributed by atoms with E-state index in [1.165, 1.54) is 6.92 Å². The first-order valence-corrected chi connectivity index (χ1v) is 7.54. The van der Waals surface area contributed by atoms with Crippen molar-refractivity contribution in [3.05, 3.63) is 29.8 Å². The summed E-state index contributed by atoms with van der Waals surface area (Å²) >= 11 is 0. The summed E-state index contributed by atoms with van der Waals surface area (Å²) in [5, 5.41) is 5.58. The number of hydrogen-bond acceptors (Lipinski definition) is 4. The molecule has 0 saturated carbocycles. The van der Waals surface area contributed by atoms with E-state index in [0.717, 1.165) is 18.4 Å². The van der Waals surface area contributed by atoms with E-state index < -0.39 is 6.04 Å². The zero-order valence-corrected chi connectivity index (χ0v) is 12.8. The normalized spacial score (nSPS) is 16.8. The SMILES string of the molecule is CC(=O)Nc1cccc(CNC(=O)C(N)C2CCOCC2)c1. The van der Waals surface area contributed by atoms with Crippen LogP contribution in [-0.4, -0.2) is 31.1 Å². The second-order valence-electron chi connectivity index (χ2n) is 5.57. The molecule has 1 saturated heterocycles. The molecule has 120 valence electrons. The second-order valence-corrected chi connectivity index (χ2v) is 5.57. The van der Waals surface area contributed by atoms with Crippen LogP contribution in [0.2, 0.25) is 0 Å². The molecule has 22 heavy (non-hydrogen) atoms. The topological polar surface area (TPSA) is 93.5 Å². The van der Waals surface area contributed by atoms with Crippen LogP contribution in [0.1, 0.15) is 25.3 Å². The number of rotatable bonds is 5. The van der Waals surface area contributed by atoms with Gasteiger partial charge in [-0.3, -0.25) is 9.59 Å². The van der Waals surface area contributed by atoms with Crippen molar-refractivity contribution in [3.8, 4) is 0 Å². The van der Waals surface area contributed by atoms with Crippen molar-refractivity contribution >= 4 is 17.5 Å². The van der Waals surface area contributed by atoms with Crippen molar-refractivity contribution in [2.24, 2.45) is 11.7 Å². The highest BCUT2D eigenvalue weighted by atomic mass is 16.5. The molecule has 2 rings (SSSR count). The van der Waals surface area contributed by atoms with Gasteiger partial charge in [-0.2, -0.15) is 0 Å². The van der Waals surface area contributed by atoms with Crippen LogP contribution in [0.4, 0.5) is 5.69 Å². The van der Waals surface area contributed by atoms with Crippen LogP contribution in [-0.2, 0) is 20.9 Å². The number of nitrogens with one attached hydrogen (secondary N) is 2. The van der Waals surface area contributed by atoms with E-state index >= 15 is 0 Å². The summed E-state index contributed by atoms with van der Waals surface area (Å²) in [6, 6.07) is 6.88. The molecular weight excluding hydrogens is 282 g/mol. The fraction of sp³-hybridized carbons (Fsp3) is 0.500. The summed E-state index contributed by atoms with van der Waals surface area (Å²) in [7, 11) is 0. The molecule has 1 atom stereocenters. The number of hydrogen-bond donors (Lipinski definition) is 3. The van der Waals surface area contributed by atoms with Gasteiger partial charge in [0.25, 0.3) is 0 Å². The fourth-order valence-electron chi connectivity index (χ4n) is 2.56. The lowest BCUT2D eigenvalue weighted by atomic mass is 9.92. The molecule has 0 aliphatic carbocycles. The molecule has 0 aromatic heterocycles. The molecule has 1 aliphatic heterocycles. The standard InChI is InChI=1S/C16H23N3O3/c1-11(20)19-14-4-2-3-12(9-14)10-18-16(21)15(17)13-5-7-22-8-6-13/h2-4,9,13,15H,5-8,10,17H2,1H3,(H,18,21)(H,19,20). The van der Waals surface area contributed by atoms with E-state index in [1.807, 2.05) is 18.2 Å². The summed E-state index contributed by atoms with van der Waals surface area (Å²) in [5.74, 6) is -0.0842. The van der Waals surface area contributed by atoms with Crippen molar-refractivity contribution in [3.63, 3.8) is 0 Å². The van der Waals surface area contributed by atoms with Crippen LogP contribution in [0.25, 0.3) is 0 Å². The molecular formula is C16H23N3O3. The quantitative estimate of drug-likeness (QED) is 0.757. The molecule has 1 heterocycles. The van der Waals surface area contributed by atoms with Gasteiger partial charge in [-0.25, -0.2) is 0 Å². The third-order valence-corrected chi connectivity index (χ3v) is 3.79. The molecule has 0 spiro atoms. The van der Waals surface area contributed by atoms with Gasteiger partial charge in [0.1, 0.15) is 0 Å². The molecule has 1 fully saturated rings. The Morgan fingerprint density at radius 1 is 1.36 bits per heavy atom. The average molecular weight is 305 g/mol. The van der Waals surface area contributed by atoms with Gasteiger partial charge in [0.05, 0.1) is 6.04 Å². The van der Waals surface area contributed by atoms with E-state index in [-0.39, 0.29) is 17.7 Å². The van der Waals surface area contributed by atoms with Crippen molar-refractivity contribution in [1.82, 2.24) is 5.32 Å². The first kappa shape index (κ1) is 16.5. The number of amides is 2. The van der Waals surface area contributed by atoms with Gasteiger partial charge in [0, 0.05) is 32.4 Å². The third-order valence-electron chi connectivity index (χ3n) is 3.79. The van der Waals surface area contributed by atoms with Crippen LogP contribution in [0.5, 0.6) is 0 Å². The first-order valence-electron chi connectivity index (χ1n) is 7.54. The average Bonchev–Trinajstić information content (AvgIpc) is 2.52. The molecule has 2 amide bonds. The summed E-state index contributed by atoms with van der Waals surface area (Å²) in [5.41, 5.74) is 7.66. The molecule has 1 unspecified atom stereocenters. The Morgan fingerprint density at radius 2 is 2.09 bits per heavy atom. The Hall–Kier alpha value is -1.92. The van der Waals surface area contributed by atoms with E-state index in [1.54, 1.807) is 6.07 Å². The zero-order chi connectivity index (χ0) is 15.9. The lowest BCUT2D eigenvalue weighted by Gasteiger charge is -2.26. The summed E-state index contributed by atoms with van der Waals surface area (Å²) in [6.45, 7) is 3.19. The van der Waals surface area contributed by atoms with Crippen molar-refractivity contribution < 1.29 is 14.3 Å². The minimum atomic E-state index is -0.498. The minimum absolute atomic E-state index is 0.122. The van der Waals surface area contributed by atoms with Gasteiger partial charge in [0.15, 0.2) is 0 Å². The van der Waals surface area contributed by atoms with Crippen LogP contribution < -0.4 is 16.4 Å². The maximum atomic E-state index is 12.1. The van der Waals surface area contributed by atoms with Crippen LogP contribution in [0.15, 0.2) is 24.3 Å². The largest absolute Gasteiger partial charge is 0.381 e. The van der Waals surface area contributed by atoms with Crippen molar-refractivity contribution in [2.75, 3.05) is 18.5 Å². The monoisotopic (exact) mass is 305 g/mol. The van der Waals surface area contributed by atoms with Gasteiger partial charge in [-0.05, 0) is 36.5 Å². The Balaban J connectivity index is 1.86. The molecule has 1 aromatic carbocycles. The number of carbonyl (C=O) groups excluding carboxylic acids is 2. The lowest BCUT2D eigenvalue weighted by molar-refractivity contribution is -0.124. The molecule has 0 radical (unpaired) electrons. The molecule has 6 heteroatoms. The molecule has 1 aliphatic rings. The molecule has 4 N–H and O–H groups in total. The second kappa shape index (κ2) is 7.91. The predicted octanol–water partition coefficient (Wildman–Crippen LogP) is 1.02.